The minimum atomic E-state index is 1.20. The highest BCUT2D eigenvalue weighted by Gasteiger charge is 1.91. The second kappa shape index (κ2) is 18.0. The Morgan fingerprint density at radius 2 is 1.20 bits per heavy atom. The van der Waals surface area contributed by atoms with Crippen LogP contribution >= 0.6 is 0 Å². The van der Waals surface area contributed by atoms with Crippen LogP contribution in [-0.2, 0) is 4.74 Å². The van der Waals surface area contributed by atoms with Crippen molar-refractivity contribution in [3.8, 4) is 0 Å². The number of hydrogen-bond donors (Lipinski definition) is 0. The summed E-state index contributed by atoms with van der Waals surface area (Å²) in [7, 11) is 1.66. The van der Waals surface area contributed by atoms with Crippen LogP contribution < -0.4 is 0 Å². The fourth-order valence-electron chi connectivity index (χ4n) is 2.18. The highest BCUT2D eigenvalue weighted by molar-refractivity contribution is 5.09. The van der Waals surface area contributed by atoms with Crippen LogP contribution in [0, 0.1) is 0 Å². The molecule has 0 saturated heterocycles. The summed E-state index contributed by atoms with van der Waals surface area (Å²) < 4.78 is 4.81. The molecule has 0 aromatic heterocycles. The SMILES string of the molecule is CCCCCCCCCCCC/C=C/C=C/C=C/OC. The molecule has 0 bridgehead atoms. The highest BCUT2D eigenvalue weighted by Crippen LogP contribution is 2.11. The molecule has 0 spiro atoms. The fourth-order valence-corrected chi connectivity index (χ4v) is 2.18. The molecule has 0 radical (unpaired) electrons. The molecule has 1 heteroatoms. The number of allylic oxidation sites excluding steroid dienone is 5. The summed E-state index contributed by atoms with van der Waals surface area (Å²) in [6, 6.07) is 0. The summed E-state index contributed by atoms with van der Waals surface area (Å²) in [5, 5.41) is 0. The summed E-state index contributed by atoms with van der Waals surface area (Å²) in [6.07, 6.45) is 27.3. The molecule has 116 valence electrons. The molecule has 0 saturated carbocycles. The maximum atomic E-state index is 4.81. The highest BCUT2D eigenvalue weighted by atomic mass is 16.5. The summed E-state index contributed by atoms with van der Waals surface area (Å²) in [5.74, 6) is 0. The van der Waals surface area contributed by atoms with E-state index < -0.39 is 0 Å². The lowest BCUT2D eigenvalue weighted by Crippen LogP contribution is -1.81. The van der Waals surface area contributed by atoms with Gasteiger partial charge in [-0.2, -0.15) is 0 Å². The normalized spacial score (nSPS) is 12.1. The van der Waals surface area contributed by atoms with Crippen LogP contribution in [-0.4, -0.2) is 7.11 Å². The average molecular weight is 278 g/mol. The first kappa shape index (κ1) is 19.0. The Morgan fingerprint density at radius 1 is 0.650 bits per heavy atom. The Morgan fingerprint density at radius 3 is 1.80 bits per heavy atom. The van der Waals surface area contributed by atoms with Gasteiger partial charge in [-0.05, 0) is 18.9 Å². The first-order valence-corrected chi connectivity index (χ1v) is 8.43. The molecule has 0 aliphatic heterocycles. The van der Waals surface area contributed by atoms with E-state index in [0.29, 0.717) is 0 Å². The Hall–Kier alpha value is -0.980. The standard InChI is InChI=1S/C19H34O/c1-3-4-5-6-7-8-9-10-11-12-13-14-15-16-17-18-19-20-2/h14-19H,3-13H2,1-2H3/b15-14+,17-16+,19-18+. The van der Waals surface area contributed by atoms with Gasteiger partial charge in [0.2, 0.25) is 0 Å². The minimum Gasteiger partial charge on any atom is -0.504 e. The van der Waals surface area contributed by atoms with Crippen LogP contribution in [0.15, 0.2) is 36.6 Å². The van der Waals surface area contributed by atoms with E-state index in [0.717, 1.165) is 0 Å². The Balaban J connectivity index is 3.14. The number of rotatable bonds is 14. The third-order valence-electron chi connectivity index (χ3n) is 3.41. The van der Waals surface area contributed by atoms with Gasteiger partial charge in [-0.1, -0.05) is 89.0 Å². The molecule has 0 aliphatic rings. The van der Waals surface area contributed by atoms with Crippen molar-refractivity contribution in [3.63, 3.8) is 0 Å². The number of ether oxygens (including phenoxy) is 1. The van der Waals surface area contributed by atoms with E-state index >= 15 is 0 Å². The quantitative estimate of drug-likeness (QED) is 0.198. The van der Waals surface area contributed by atoms with Gasteiger partial charge in [0, 0.05) is 0 Å². The van der Waals surface area contributed by atoms with Gasteiger partial charge in [0.05, 0.1) is 13.4 Å². The van der Waals surface area contributed by atoms with Crippen LogP contribution in [0.4, 0.5) is 0 Å². The molecule has 0 amide bonds. The van der Waals surface area contributed by atoms with E-state index in [9.17, 15) is 0 Å². The minimum absolute atomic E-state index is 1.20. The van der Waals surface area contributed by atoms with Crippen molar-refractivity contribution in [2.45, 2.75) is 77.6 Å². The molecule has 0 unspecified atom stereocenters. The summed E-state index contributed by atoms with van der Waals surface area (Å²) in [4.78, 5) is 0. The zero-order valence-electron chi connectivity index (χ0n) is 13.7. The predicted octanol–water partition coefficient (Wildman–Crippen LogP) is 6.57. The molecule has 0 heterocycles. The van der Waals surface area contributed by atoms with Crippen molar-refractivity contribution in [1.82, 2.24) is 0 Å². The molecule has 0 aromatic carbocycles. The van der Waals surface area contributed by atoms with Gasteiger partial charge in [-0.25, -0.2) is 0 Å². The van der Waals surface area contributed by atoms with E-state index in [-0.39, 0.29) is 0 Å². The molecule has 0 aromatic rings. The fraction of sp³-hybridized carbons (Fsp3) is 0.684. The van der Waals surface area contributed by atoms with Gasteiger partial charge in [0.15, 0.2) is 0 Å². The van der Waals surface area contributed by atoms with Crippen molar-refractivity contribution < 1.29 is 4.74 Å². The smallest absolute Gasteiger partial charge is 0.0824 e. The Labute approximate surface area is 126 Å². The van der Waals surface area contributed by atoms with Crippen molar-refractivity contribution in [1.29, 1.82) is 0 Å². The van der Waals surface area contributed by atoms with Gasteiger partial charge in [0.1, 0.15) is 0 Å². The molecular formula is C19H34O. The van der Waals surface area contributed by atoms with Crippen LogP contribution in [0.5, 0.6) is 0 Å². The van der Waals surface area contributed by atoms with Gasteiger partial charge < -0.3 is 4.74 Å². The summed E-state index contributed by atoms with van der Waals surface area (Å²) >= 11 is 0. The van der Waals surface area contributed by atoms with E-state index in [1.165, 1.54) is 70.6 Å². The Bertz CT molecular complexity index is 250. The van der Waals surface area contributed by atoms with E-state index in [2.05, 4.69) is 19.1 Å². The lowest BCUT2D eigenvalue weighted by molar-refractivity contribution is 0.338. The zero-order chi connectivity index (χ0) is 14.7. The predicted molar refractivity (Wildman–Crippen MR) is 90.9 cm³/mol. The van der Waals surface area contributed by atoms with E-state index in [1.807, 2.05) is 18.2 Å². The summed E-state index contributed by atoms with van der Waals surface area (Å²) in [5.41, 5.74) is 0. The van der Waals surface area contributed by atoms with E-state index in [4.69, 9.17) is 4.74 Å². The molecule has 0 atom stereocenters. The van der Waals surface area contributed by atoms with Crippen LogP contribution in [0.3, 0.4) is 0 Å². The third-order valence-corrected chi connectivity index (χ3v) is 3.41. The molecule has 0 fully saturated rings. The second-order valence-corrected chi connectivity index (χ2v) is 5.35. The third kappa shape index (κ3) is 17.0. The van der Waals surface area contributed by atoms with Gasteiger partial charge >= 0.3 is 0 Å². The number of hydrogen-bond acceptors (Lipinski definition) is 1. The molecule has 0 N–H and O–H groups in total. The largest absolute Gasteiger partial charge is 0.504 e. The van der Waals surface area contributed by atoms with Crippen molar-refractivity contribution in [2.24, 2.45) is 0 Å². The maximum absolute atomic E-state index is 4.81. The van der Waals surface area contributed by atoms with E-state index in [1.54, 1.807) is 13.4 Å². The second-order valence-electron chi connectivity index (χ2n) is 5.35. The number of unbranched alkanes of at least 4 members (excludes halogenated alkanes) is 10. The lowest BCUT2D eigenvalue weighted by Gasteiger charge is -2.01. The topological polar surface area (TPSA) is 9.23 Å². The zero-order valence-corrected chi connectivity index (χ0v) is 13.7. The monoisotopic (exact) mass is 278 g/mol. The molecule has 20 heavy (non-hydrogen) atoms. The maximum Gasteiger partial charge on any atom is 0.0824 e. The number of methoxy groups -OCH3 is 1. The first-order chi connectivity index (χ1) is 9.91. The van der Waals surface area contributed by atoms with Gasteiger partial charge in [-0.15, -0.1) is 0 Å². The molecular weight excluding hydrogens is 244 g/mol. The summed E-state index contributed by atoms with van der Waals surface area (Å²) in [6.45, 7) is 2.28. The molecule has 0 aliphatic carbocycles. The Kier molecular flexibility index (Phi) is 17.1. The van der Waals surface area contributed by atoms with Crippen molar-refractivity contribution >= 4 is 0 Å². The molecule has 0 rings (SSSR count). The van der Waals surface area contributed by atoms with Gasteiger partial charge in [-0.3, -0.25) is 0 Å². The van der Waals surface area contributed by atoms with Crippen LogP contribution in [0.25, 0.3) is 0 Å². The van der Waals surface area contributed by atoms with Crippen LogP contribution in [0.2, 0.25) is 0 Å². The van der Waals surface area contributed by atoms with Crippen LogP contribution in [0.1, 0.15) is 77.6 Å². The molecule has 1 nitrogen and oxygen atoms in total. The lowest BCUT2D eigenvalue weighted by atomic mass is 10.1. The van der Waals surface area contributed by atoms with Crippen molar-refractivity contribution in [2.75, 3.05) is 7.11 Å². The average Bonchev–Trinajstić information content (AvgIpc) is 2.47. The first-order valence-electron chi connectivity index (χ1n) is 8.43. The van der Waals surface area contributed by atoms with Gasteiger partial charge in [0.25, 0.3) is 0 Å². The van der Waals surface area contributed by atoms with Crippen molar-refractivity contribution in [3.05, 3.63) is 36.6 Å².